The molecule has 14 nitrogen and oxygen atoms in total. The molecule has 264 valence electrons. The van der Waals surface area contributed by atoms with Gasteiger partial charge in [0.2, 0.25) is 0 Å². The number of esters is 4. The van der Waals surface area contributed by atoms with Crippen molar-refractivity contribution in [3.63, 3.8) is 0 Å². The monoisotopic (exact) mass is 676 g/mol. The average Bonchev–Trinajstić information content (AvgIpc) is 3.44. The van der Waals surface area contributed by atoms with Crippen molar-refractivity contribution >= 4 is 23.9 Å². The van der Waals surface area contributed by atoms with Gasteiger partial charge in [-0.15, -0.1) is 0 Å². The number of carbonyl (C=O) groups excluding carboxylic acids is 4. The molecule has 0 bridgehead atoms. The van der Waals surface area contributed by atoms with E-state index in [0.29, 0.717) is 22.6 Å². The smallest absolute Gasteiger partial charge is 0.323 e. The Bertz CT molecular complexity index is 1400. The number of carbonyl (C=O) groups is 4. The van der Waals surface area contributed by atoms with Crippen LogP contribution in [0.5, 0.6) is 34.5 Å². The Balaban J connectivity index is 2.70. The molecule has 1 aliphatic rings. The zero-order valence-electron chi connectivity index (χ0n) is 29.0. The summed E-state index contributed by atoms with van der Waals surface area (Å²) >= 11 is 0. The minimum absolute atomic E-state index is 0.117. The molecule has 1 aliphatic carbocycles. The topological polar surface area (TPSA) is 161 Å². The van der Waals surface area contributed by atoms with E-state index in [2.05, 4.69) is 0 Å². The standard InChI is InChI=1S/C34H44O14/c1-11-47-30(35)28(31(36)48-12-2)29-26(27-23(43-7)15-19(40-4)16-24(27)44-8)20(17-34(29,32(37)45-9)33(38)46-10)25-21(41-5)13-18(39-3)14-22(25)42-6/h13-16,20,26,28-29H,11-12,17H2,1-10H3/t20-,26+,29-/m0/s1. The van der Waals surface area contributed by atoms with Gasteiger partial charge in [0.05, 0.1) is 70.1 Å². The summed E-state index contributed by atoms with van der Waals surface area (Å²) in [6.45, 7) is 2.89. The molecular weight excluding hydrogens is 632 g/mol. The van der Waals surface area contributed by atoms with E-state index < -0.39 is 53.0 Å². The fourth-order valence-corrected chi connectivity index (χ4v) is 6.82. The van der Waals surface area contributed by atoms with Crippen LogP contribution in [0.25, 0.3) is 0 Å². The molecule has 48 heavy (non-hydrogen) atoms. The molecule has 0 saturated heterocycles. The quantitative estimate of drug-likeness (QED) is 0.153. The second-order valence-corrected chi connectivity index (χ2v) is 10.7. The van der Waals surface area contributed by atoms with Crippen molar-refractivity contribution in [2.75, 3.05) is 70.1 Å². The number of rotatable bonds is 15. The first-order valence-corrected chi connectivity index (χ1v) is 15.1. The molecule has 0 aliphatic heterocycles. The van der Waals surface area contributed by atoms with Crippen LogP contribution >= 0.6 is 0 Å². The first-order valence-electron chi connectivity index (χ1n) is 15.1. The van der Waals surface area contributed by atoms with Gasteiger partial charge in [-0.1, -0.05) is 0 Å². The van der Waals surface area contributed by atoms with E-state index in [1.54, 1.807) is 38.1 Å². The predicted molar refractivity (Wildman–Crippen MR) is 169 cm³/mol. The number of hydrogen-bond donors (Lipinski definition) is 0. The summed E-state index contributed by atoms with van der Waals surface area (Å²) in [6.07, 6.45) is -0.353. The number of methoxy groups -OCH3 is 8. The second kappa shape index (κ2) is 16.3. The van der Waals surface area contributed by atoms with Crippen LogP contribution in [0.15, 0.2) is 24.3 Å². The maximum absolute atomic E-state index is 14.2. The van der Waals surface area contributed by atoms with Gasteiger partial charge in [0.1, 0.15) is 34.5 Å². The lowest BCUT2D eigenvalue weighted by Crippen LogP contribution is -2.51. The van der Waals surface area contributed by atoms with Crippen molar-refractivity contribution in [1.29, 1.82) is 0 Å². The van der Waals surface area contributed by atoms with Crippen LogP contribution in [0.2, 0.25) is 0 Å². The Hall–Kier alpha value is -4.88. The Kier molecular flexibility index (Phi) is 12.8. The van der Waals surface area contributed by atoms with Gasteiger partial charge in [-0.2, -0.15) is 0 Å². The summed E-state index contributed by atoms with van der Waals surface area (Å²) in [5.74, 6) is -7.97. The highest BCUT2D eigenvalue weighted by atomic mass is 16.6. The molecule has 14 heteroatoms. The maximum atomic E-state index is 14.2. The zero-order valence-corrected chi connectivity index (χ0v) is 29.0. The molecule has 0 N–H and O–H groups in total. The summed E-state index contributed by atoms with van der Waals surface area (Å²) in [6, 6.07) is 6.37. The third-order valence-electron chi connectivity index (χ3n) is 8.68. The SMILES string of the molecule is CCOC(=O)C(C(=O)OCC)[C@@H]1[C@@H](c2c(OC)cc(OC)cc2OC)[C@H](c2c(OC)cc(OC)cc2OC)CC1(C(=O)OC)C(=O)OC. The van der Waals surface area contributed by atoms with Crippen molar-refractivity contribution in [2.24, 2.45) is 17.3 Å². The largest absolute Gasteiger partial charge is 0.496 e. The highest BCUT2D eigenvalue weighted by molar-refractivity contribution is 6.05. The van der Waals surface area contributed by atoms with E-state index in [0.717, 1.165) is 14.2 Å². The Morgan fingerprint density at radius 3 is 1.31 bits per heavy atom. The van der Waals surface area contributed by atoms with Gasteiger partial charge in [0, 0.05) is 53.1 Å². The molecule has 3 atom stereocenters. The van der Waals surface area contributed by atoms with Crippen LogP contribution in [0, 0.1) is 17.3 Å². The van der Waals surface area contributed by atoms with Crippen LogP contribution in [0.3, 0.4) is 0 Å². The van der Waals surface area contributed by atoms with Crippen LogP contribution in [0.4, 0.5) is 0 Å². The lowest BCUT2D eigenvalue weighted by Gasteiger charge is -2.37. The molecule has 0 heterocycles. The van der Waals surface area contributed by atoms with Crippen molar-refractivity contribution in [3.8, 4) is 34.5 Å². The Morgan fingerprint density at radius 1 is 0.625 bits per heavy atom. The van der Waals surface area contributed by atoms with Gasteiger partial charge in [-0.25, -0.2) is 0 Å². The highest BCUT2D eigenvalue weighted by Crippen LogP contribution is 2.67. The van der Waals surface area contributed by atoms with Crippen LogP contribution in [-0.4, -0.2) is 94.0 Å². The van der Waals surface area contributed by atoms with Gasteiger partial charge in [0.15, 0.2) is 11.3 Å². The second-order valence-electron chi connectivity index (χ2n) is 10.7. The minimum Gasteiger partial charge on any atom is -0.496 e. The maximum Gasteiger partial charge on any atom is 0.323 e. The number of ether oxygens (including phenoxy) is 10. The first-order chi connectivity index (χ1) is 23.0. The van der Waals surface area contributed by atoms with Crippen molar-refractivity contribution < 1.29 is 66.5 Å². The van der Waals surface area contributed by atoms with Gasteiger partial charge < -0.3 is 47.4 Å². The van der Waals surface area contributed by atoms with Crippen LogP contribution in [-0.2, 0) is 38.1 Å². The van der Waals surface area contributed by atoms with E-state index in [4.69, 9.17) is 47.4 Å². The Morgan fingerprint density at radius 2 is 1.00 bits per heavy atom. The first kappa shape index (κ1) is 37.6. The molecular formula is C34H44O14. The third kappa shape index (κ3) is 6.60. The number of benzene rings is 2. The summed E-state index contributed by atoms with van der Waals surface area (Å²) in [4.78, 5) is 56.3. The fraction of sp³-hybridized carbons (Fsp3) is 0.529. The van der Waals surface area contributed by atoms with Crippen molar-refractivity contribution in [3.05, 3.63) is 35.4 Å². The molecule has 0 unspecified atom stereocenters. The summed E-state index contributed by atoms with van der Waals surface area (Å²) in [7, 11) is 10.8. The molecule has 0 radical (unpaired) electrons. The van der Waals surface area contributed by atoms with Gasteiger partial charge >= 0.3 is 23.9 Å². The lowest BCUT2D eigenvalue weighted by molar-refractivity contribution is -0.179. The molecule has 0 spiro atoms. The van der Waals surface area contributed by atoms with E-state index in [1.807, 2.05) is 0 Å². The molecule has 0 amide bonds. The molecule has 0 aromatic heterocycles. The normalized spacial score (nSPS) is 17.9. The van der Waals surface area contributed by atoms with Gasteiger partial charge in [0.25, 0.3) is 0 Å². The molecule has 2 aromatic rings. The predicted octanol–water partition coefficient (Wildman–Crippen LogP) is 3.70. The minimum atomic E-state index is -2.30. The molecule has 1 saturated carbocycles. The fourth-order valence-electron chi connectivity index (χ4n) is 6.82. The van der Waals surface area contributed by atoms with E-state index in [1.165, 1.54) is 42.7 Å². The van der Waals surface area contributed by atoms with Crippen molar-refractivity contribution in [2.45, 2.75) is 32.1 Å². The van der Waals surface area contributed by atoms with E-state index in [-0.39, 0.29) is 42.6 Å². The van der Waals surface area contributed by atoms with Gasteiger partial charge in [-0.05, 0) is 20.3 Å². The van der Waals surface area contributed by atoms with E-state index in [9.17, 15) is 19.2 Å². The molecule has 2 aromatic carbocycles. The molecule has 1 fully saturated rings. The zero-order chi connectivity index (χ0) is 35.8. The lowest BCUT2D eigenvalue weighted by atomic mass is 9.66. The summed E-state index contributed by atoms with van der Waals surface area (Å²) in [5, 5.41) is 0. The van der Waals surface area contributed by atoms with E-state index >= 15 is 0 Å². The highest BCUT2D eigenvalue weighted by Gasteiger charge is 2.70. The summed E-state index contributed by atoms with van der Waals surface area (Å²) < 4.78 is 55.7. The third-order valence-corrected chi connectivity index (χ3v) is 8.68. The number of hydrogen-bond acceptors (Lipinski definition) is 14. The Labute approximate surface area is 279 Å². The van der Waals surface area contributed by atoms with Crippen LogP contribution < -0.4 is 28.4 Å². The van der Waals surface area contributed by atoms with Crippen molar-refractivity contribution in [1.82, 2.24) is 0 Å². The average molecular weight is 677 g/mol. The van der Waals surface area contributed by atoms with Gasteiger partial charge in [-0.3, -0.25) is 19.2 Å². The summed E-state index contributed by atoms with van der Waals surface area (Å²) in [5.41, 5.74) is -1.62. The van der Waals surface area contributed by atoms with Crippen LogP contribution in [0.1, 0.15) is 43.2 Å². The molecule has 3 rings (SSSR count).